The van der Waals surface area contributed by atoms with Crippen LogP contribution in [0, 0.1) is 0 Å². The molecule has 0 atom stereocenters. The van der Waals surface area contributed by atoms with Gasteiger partial charge in [0.1, 0.15) is 0 Å². The summed E-state index contributed by atoms with van der Waals surface area (Å²) in [5.41, 5.74) is 8.48. The Kier molecular flexibility index (Phi) is 5.38. The lowest BCUT2D eigenvalue weighted by Crippen LogP contribution is -2.47. The van der Waals surface area contributed by atoms with Gasteiger partial charge in [0.25, 0.3) is 0 Å². The van der Waals surface area contributed by atoms with Gasteiger partial charge in [0, 0.05) is 44.7 Å². The maximum absolute atomic E-state index is 11.7. The maximum Gasteiger partial charge on any atom is 0.225 e. The average Bonchev–Trinajstić information content (AvgIpc) is 3.62. The summed E-state index contributed by atoms with van der Waals surface area (Å²) in [5, 5.41) is 9.74. The van der Waals surface area contributed by atoms with Crippen LogP contribution in [0.2, 0.25) is 0 Å². The van der Waals surface area contributed by atoms with Gasteiger partial charge >= 0.3 is 0 Å². The van der Waals surface area contributed by atoms with Crippen molar-refractivity contribution in [2.24, 2.45) is 0 Å². The van der Waals surface area contributed by atoms with Crippen LogP contribution >= 0.6 is 0 Å². The van der Waals surface area contributed by atoms with E-state index in [-0.39, 0.29) is 5.95 Å². The first-order valence-electron chi connectivity index (χ1n) is 11.6. The zero-order valence-corrected chi connectivity index (χ0v) is 20.5. The van der Waals surface area contributed by atoms with Crippen molar-refractivity contribution in [1.82, 2.24) is 34.3 Å². The van der Waals surface area contributed by atoms with Crippen molar-refractivity contribution in [2.45, 2.75) is 11.4 Å². The Morgan fingerprint density at radius 1 is 1.00 bits per heavy atom. The van der Waals surface area contributed by atoms with Gasteiger partial charge < -0.3 is 15.1 Å². The zero-order chi connectivity index (χ0) is 24.9. The average molecular weight is 508 g/mol. The second-order valence-electron chi connectivity index (χ2n) is 8.82. The first-order valence-corrected chi connectivity index (χ1v) is 13.4. The molecule has 0 radical (unpaired) electrons. The van der Waals surface area contributed by atoms with Crippen LogP contribution in [0.25, 0.3) is 28.3 Å². The van der Waals surface area contributed by atoms with Gasteiger partial charge in [-0.2, -0.15) is 14.6 Å². The molecule has 6 rings (SSSR count). The minimum atomic E-state index is -3.19. The molecule has 12 nitrogen and oxygen atoms in total. The molecule has 186 valence electrons. The number of aromatic nitrogens is 6. The van der Waals surface area contributed by atoms with Crippen LogP contribution < -0.4 is 10.6 Å². The Labute approximate surface area is 206 Å². The van der Waals surface area contributed by atoms with Gasteiger partial charge in [-0.05, 0) is 36.4 Å². The van der Waals surface area contributed by atoms with Gasteiger partial charge in [-0.3, -0.25) is 4.90 Å². The second-order valence-corrected chi connectivity index (χ2v) is 10.8. The lowest BCUT2D eigenvalue weighted by Gasteiger charge is -2.36. The first kappa shape index (κ1) is 22.5. The number of furan rings is 1. The molecule has 5 heterocycles. The minimum absolute atomic E-state index is 0.236. The molecule has 0 aliphatic carbocycles. The maximum atomic E-state index is 11.7. The molecule has 4 aromatic heterocycles. The SMILES string of the molecule is CS(=O)(=O)c1ccc(N2CCN(CCn3ncc4c3nc(N)n3nc(-c5ccco5)nc43)CC2)cc1. The summed E-state index contributed by atoms with van der Waals surface area (Å²) >= 11 is 0. The topological polar surface area (TPSA) is 141 Å². The molecule has 0 unspecified atom stereocenters. The third-order valence-electron chi connectivity index (χ3n) is 6.47. The van der Waals surface area contributed by atoms with Crippen LogP contribution in [-0.4, -0.2) is 81.7 Å². The van der Waals surface area contributed by atoms with Crippen LogP contribution in [0.4, 0.5) is 11.6 Å². The molecule has 0 spiro atoms. The van der Waals surface area contributed by atoms with Gasteiger partial charge in [-0.1, -0.05) is 0 Å². The van der Waals surface area contributed by atoms with Gasteiger partial charge in [-0.25, -0.2) is 18.1 Å². The molecule has 0 saturated carbocycles. The van der Waals surface area contributed by atoms with Crippen molar-refractivity contribution in [3.05, 3.63) is 48.9 Å². The standard InChI is InChI=1S/C23H25N9O3S/c1-36(33,34)17-6-4-16(5-7-17)30-11-8-29(9-12-30)10-13-31-21-18(15-25-31)22-26-20(19-3-2-14-35-19)28-32(22)23(24)27-21/h2-7,14-15H,8-13H2,1H3,(H2,24,27). The number of anilines is 2. The summed E-state index contributed by atoms with van der Waals surface area (Å²) in [5.74, 6) is 1.24. The Balaban J connectivity index is 1.13. The fourth-order valence-electron chi connectivity index (χ4n) is 4.50. The summed E-state index contributed by atoms with van der Waals surface area (Å²) in [4.78, 5) is 14.1. The van der Waals surface area contributed by atoms with E-state index in [0.29, 0.717) is 34.3 Å². The van der Waals surface area contributed by atoms with E-state index in [2.05, 4.69) is 30.0 Å². The number of piperazine rings is 1. The lowest BCUT2D eigenvalue weighted by atomic mass is 10.2. The van der Waals surface area contributed by atoms with Gasteiger partial charge in [-0.15, -0.1) is 5.10 Å². The molecule has 0 amide bonds. The van der Waals surface area contributed by atoms with Crippen molar-refractivity contribution >= 4 is 38.2 Å². The van der Waals surface area contributed by atoms with Crippen LogP contribution in [0.15, 0.2) is 58.2 Å². The van der Waals surface area contributed by atoms with Crippen molar-refractivity contribution in [1.29, 1.82) is 0 Å². The van der Waals surface area contributed by atoms with E-state index in [4.69, 9.17) is 10.2 Å². The number of sulfone groups is 1. The summed E-state index contributed by atoms with van der Waals surface area (Å²) in [7, 11) is -3.19. The van der Waals surface area contributed by atoms with E-state index in [1.807, 2.05) is 16.8 Å². The molecule has 5 aromatic rings. The van der Waals surface area contributed by atoms with E-state index in [1.54, 1.807) is 36.7 Å². The molecular formula is C23H25N9O3S. The van der Waals surface area contributed by atoms with Crippen molar-refractivity contribution in [3.63, 3.8) is 0 Å². The van der Waals surface area contributed by atoms with E-state index in [0.717, 1.165) is 43.8 Å². The lowest BCUT2D eigenvalue weighted by molar-refractivity contribution is 0.245. The van der Waals surface area contributed by atoms with Gasteiger partial charge in [0.15, 0.2) is 26.9 Å². The Morgan fingerprint density at radius 3 is 2.47 bits per heavy atom. The number of benzene rings is 1. The molecule has 13 heteroatoms. The third kappa shape index (κ3) is 4.05. The van der Waals surface area contributed by atoms with Crippen LogP contribution in [0.1, 0.15) is 0 Å². The number of hydrogen-bond acceptors (Lipinski definition) is 10. The molecule has 36 heavy (non-hydrogen) atoms. The highest BCUT2D eigenvalue weighted by Gasteiger charge is 2.20. The van der Waals surface area contributed by atoms with Gasteiger partial charge in [0.05, 0.1) is 29.3 Å². The molecular weight excluding hydrogens is 482 g/mol. The normalized spacial score (nSPS) is 15.3. The van der Waals surface area contributed by atoms with Crippen molar-refractivity contribution in [3.8, 4) is 11.6 Å². The number of fused-ring (bicyclic) bond motifs is 3. The zero-order valence-electron chi connectivity index (χ0n) is 19.6. The van der Waals surface area contributed by atoms with E-state index < -0.39 is 9.84 Å². The number of hydrogen-bond donors (Lipinski definition) is 1. The highest BCUT2D eigenvalue weighted by atomic mass is 32.2. The predicted octanol–water partition coefficient (Wildman–Crippen LogP) is 1.54. The molecule has 1 fully saturated rings. The van der Waals surface area contributed by atoms with Gasteiger partial charge in [0.2, 0.25) is 11.8 Å². The Morgan fingerprint density at radius 2 is 1.78 bits per heavy atom. The fraction of sp³-hybridized carbons (Fsp3) is 0.304. The van der Waals surface area contributed by atoms with Crippen molar-refractivity contribution in [2.75, 3.05) is 49.6 Å². The third-order valence-corrected chi connectivity index (χ3v) is 7.60. The first-order chi connectivity index (χ1) is 17.4. The summed E-state index contributed by atoms with van der Waals surface area (Å²) in [6.07, 6.45) is 4.54. The molecule has 1 aromatic carbocycles. The van der Waals surface area contributed by atoms with Crippen LogP contribution in [-0.2, 0) is 16.4 Å². The minimum Gasteiger partial charge on any atom is -0.461 e. The highest BCUT2D eigenvalue weighted by molar-refractivity contribution is 7.90. The molecule has 1 aliphatic heterocycles. The molecule has 1 aliphatic rings. The van der Waals surface area contributed by atoms with E-state index in [1.165, 1.54) is 10.8 Å². The van der Waals surface area contributed by atoms with Crippen molar-refractivity contribution < 1.29 is 12.8 Å². The number of nitrogens with zero attached hydrogens (tertiary/aromatic N) is 8. The molecule has 2 N–H and O–H groups in total. The second kappa shape index (κ2) is 8.60. The fourth-order valence-corrected chi connectivity index (χ4v) is 5.13. The highest BCUT2D eigenvalue weighted by Crippen LogP contribution is 2.24. The molecule has 0 bridgehead atoms. The smallest absolute Gasteiger partial charge is 0.225 e. The summed E-state index contributed by atoms with van der Waals surface area (Å²) in [6.45, 7) is 4.98. The molecule has 1 saturated heterocycles. The largest absolute Gasteiger partial charge is 0.461 e. The predicted molar refractivity (Wildman–Crippen MR) is 134 cm³/mol. The number of nitrogen functional groups attached to an aromatic ring is 1. The summed E-state index contributed by atoms with van der Waals surface area (Å²) in [6, 6.07) is 10.7. The summed E-state index contributed by atoms with van der Waals surface area (Å²) < 4.78 is 32.2. The van der Waals surface area contributed by atoms with E-state index >= 15 is 0 Å². The Hall–Kier alpha value is -3.97. The van der Waals surface area contributed by atoms with Crippen LogP contribution in [0.3, 0.4) is 0 Å². The van der Waals surface area contributed by atoms with E-state index in [9.17, 15) is 8.42 Å². The number of nitrogens with two attached hydrogens (primary N) is 1. The van der Waals surface area contributed by atoms with Crippen LogP contribution in [0.5, 0.6) is 0 Å². The Bertz CT molecular complexity index is 1630. The monoisotopic (exact) mass is 507 g/mol. The quantitative estimate of drug-likeness (QED) is 0.360. The number of rotatable bonds is 6.